The van der Waals surface area contributed by atoms with Gasteiger partial charge in [-0.1, -0.05) is 24.6 Å². The van der Waals surface area contributed by atoms with E-state index in [2.05, 4.69) is 46.6 Å². The second-order valence-corrected chi connectivity index (χ2v) is 6.40. The zero-order chi connectivity index (χ0) is 15.8. The third kappa shape index (κ3) is 5.31. The lowest BCUT2D eigenvalue weighted by molar-refractivity contribution is 0.823. The Kier molecular flexibility index (Phi) is 6.68. The van der Waals surface area contributed by atoms with E-state index >= 15 is 0 Å². The molecule has 0 saturated heterocycles. The van der Waals surface area contributed by atoms with Crippen molar-refractivity contribution >= 4 is 28.9 Å². The Balaban J connectivity index is 1.93. The monoisotopic (exact) mass is 336 g/mol. The molecule has 2 rings (SSSR count). The second-order valence-electron chi connectivity index (χ2n) is 4.76. The van der Waals surface area contributed by atoms with Gasteiger partial charge in [-0.2, -0.15) is 0 Å². The van der Waals surface area contributed by atoms with Crippen molar-refractivity contribution in [3.8, 4) is 0 Å². The maximum absolute atomic E-state index is 5.79. The molecule has 2 aromatic rings. The predicted molar refractivity (Wildman–Crippen MR) is 94.6 cm³/mol. The smallest absolute Gasteiger partial charge is 0.191 e. The van der Waals surface area contributed by atoms with E-state index in [1.165, 1.54) is 9.75 Å². The molecule has 0 fully saturated rings. The standard InChI is InChI=1S/C16H21ClN4S/c1-3-13-6-7-14(22-13)11-21-16(18-4-2)20-10-12-5-8-15(17)19-9-12/h5-9H,3-4,10-11H2,1-2H3,(H2,18,20,21). The Morgan fingerprint density at radius 1 is 1.18 bits per heavy atom. The minimum atomic E-state index is 0.502. The summed E-state index contributed by atoms with van der Waals surface area (Å²) in [6.45, 7) is 6.42. The maximum Gasteiger partial charge on any atom is 0.191 e. The van der Waals surface area contributed by atoms with Gasteiger partial charge >= 0.3 is 0 Å². The van der Waals surface area contributed by atoms with Gasteiger partial charge < -0.3 is 10.6 Å². The SMILES string of the molecule is CCNC(=NCc1ccc(Cl)nc1)NCc1ccc(CC)s1. The topological polar surface area (TPSA) is 49.3 Å². The van der Waals surface area contributed by atoms with Crippen molar-refractivity contribution in [2.75, 3.05) is 6.54 Å². The molecule has 2 aromatic heterocycles. The van der Waals surface area contributed by atoms with Crippen molar-refractivity contribution in [1.82, 2.24) is 15.6 Å². The van der Waals surface area contributed by atoms with Gasteiger partial charge in [-0.25, -0.2) is 9.98 Å². The number of aliphatic imine (C=N–C) groups is 1. The molecule has 118 valence electrons. The van der Waals surface area contributed by atoms with E-state index < -0.39 is 0 Å². The van der Waals surface area contributed by atoms with Crippen LogP contribution in [-0.2, 0) is 19.5 Å². The zero-order valence-corrected chi connectivity index (χ0v) is 14.5. The van der Waals surface area contributed by atoms with Gasteiger partial charge in [0.1, 0.15) is 5.15 Å². The number of hydrogen-bond donors (Lipinski definition) is 2. The summed E-state index contributed by atoms with van der Waals surface area (Å²) in [7, 11) is 0. The van der Waals surface area contributed by atoms with E-state index in [0.717, 1.165) is 31.0 Å². The number of thiophene rings is 1. The third-order valence-corrected chi connectivity index (χ3v) is 4.50. The maximum atomic E-state index is 5.79. The van der Waals surface area contributed by atoms with Crippen molar-refractivity contribution in [3.05, 3.63) is 50.9 Å². The van der Waals surface area contributed by atoms with Crippen LogP contribution < -0.4 is 10.6 Å². The Hall–Kier alpha value is -1.59. The number of aryl methyl sites for hydroxylation is 1. The lowest BCUT2D eigenvalue weighted by Gasteiger charge is -2.10. The summed E-state index contributed by atoms with van der Waals surface area (Å²) in [5, 5.41) is 7.11. The normalized spacial score (nSPS) is 11.5. The molecule has 2 heterocycles. The first kappa shape index (κ1) is 16.8. The molecule has 0 atom stereocenters. The molecular formula is C16H21ClN4S. The zero-order valence-electron chi connectivity index (χ0n) is 12.9. The minimum absolute atomic E-state index is 0.502. The highest BCUT2D eigenvalue weighted by Crippen LogP contribution is 2.16. The molecule has 0 amide bonds. The second kappa shape index (κ2) is 8.76. The highest BCUT2D eigenvalue weighted by atomic mass is 35.5. The van der Waals surface area contributed by atoms with Crippen LogP contribution in [0.3, 0.4) is 0 Å². The van der Waals surface area contributed by atoms with Gasteiger partial charge in [-0.3, -0.25) is 0 Å². The molecular weight excluding hydrogens is 316 g/mol. The van der Waals surface area contributed by atoms with Crippen molar-refractivity contribution in [2.45, 2.75) is 33.4 Å². The Morgan fingerprint density at radius 3 is 2.64 bits per heavy atom. The van der Waals surface area contributed by atoms with E-state index in [0.29, 0.717) is 11.7 Å². The summed E-state index contributed by atoms with van der Waals surface area (Å²) in [4.78, 5) is 11.4. The van der Waals surface area contributed by atoms with Gasteiger partial charge in [-0.05, 0) is 37.1 Å². The molecule has 0 aliphatic rings. The molecule has 0 bridgehead atoms. The fourth-order valence-electron chi connectivity index (χ4n) is 1.89. The fraction of sp³-hybridized carbons (Fsp3) is 0.375. The molecule has 4 nitrogen and oxygen atoms in total. The number of halogens is 1. The van der Waals surface area contributed by atoms with Crippen LogP contribution in [0.15, 0.2) is 35.5 Å². The van der Waals surface area contributed by atoms with Crippen LogP contribution in [0.5, 0.6) is 0 Å². The first-order chi connectivity index (χ1) is 10.7. The summed E-state index contributed by atoms with van der Waals surface area (Å²) in [5.74, 6) is 0.809. The van der Waals surface area contributed by atoms with Crippen LogP contribution in [0.1, 0.15) is 29.2 Å². The molecule has 0 aliphatic carbocycles. The quantitative estimate of drug-likeness (QED) is 0.481. The van der Waals surface area contributed by atoms with E-state index in [9.17, 15) is 0 Å². The number of nitrogens with zero attached hydrogens (tertiary/aromatic N) is 2. The summed E-state index contributed by atoms with van der Waals surface area (Å²) >= 11 is 7.62. The van der Waals surface area contributed by atoms with Gasteiger partial charge in [0.15, 0.2) is 5.96 Å². The van der Waals surface area contributed by atoms with Gasteiger partial charge in [0, 0.05) is 22.5 Å². The summed E-state index contributed by atoms with van der Waals surface area (Å²) in [6, 6.07) is 8.08. The van der Waals surface area contributed by atoms with E-state index in [-0.39, 0.29) is 0 Å². The molecule has 6 heteroatoms. The molecule has 22 heavy (non-hydrogen) atoms. The molecule has 0 spiro atoms. The Morgan fingerprint density at radius 2 is 2.00 bits per heavy atom. The summed E-state index contributed by atoms with van der Waals surface area (Å²) < 4.78 is 0. The lowest BCUT2D eigenvalue weighted by Crippen LogP contribution is -2.36. The lowest BCUT2D eigenvalue weighted by atomic mass is 10.3. The largest absolute Gasteiger partial charge is 0.357 e. The average Bonchev–Trinajstić information content (AvgIpc) is 3.00. The van der Waals surface area contributed by atoms with Gasteiger partial charge in [0.25, 0.3) is 0 Å². The van der Waals surface area contributed by atoms with Gasteiger partial charge in [-0.15, -0.1) is 11.3 Å². The number of nitrogens with one attached hydrogen (secondary N) is 2. The number of rotatable bonds is 6. The van der Waals surface area contributed by atoms with Crippen molar-refractivity contribution in [2.24, 2.45) is 4.99 Å². The van der Waals surface area contributed by atoms with Gasteiger partial charge in [0.2, 0.25) is 0 Å². The van der Waals surface area contributed by atoms with Crippen LogP contribution in [-0.4, -0.2) is 17.5 Å². The van der Waals surface area contributed by atoms with Crippen molar-refractivity contribution < 1.29 is 0 Å². The minimum Gasteiger partial charge on any atom is -0.357 e. The van der Waals surface area contributed by atoms with E-state index in [4.69, 9.17) is 11.6 Å². The number of aromatic nitrogens is 1. The first-order valence-corrected chi connectivity index (χ1v) is 8.61. The molecule has 0 aliphatic heterocycles. The van der Waals surface area contributed by atoms with E-state index in [1.807, 2.05) is 17.4 Å². The number of hydrogen-bond acceptors (Lipinski definition) is 3. The average molecular weight is 337 g/mol. The highest BCUT2D eigenvalue weighted by molar-refractivity contribution is 7.11. The Labute approximate surface area is 140 Å². The number of pyridine rings is 1. The fourth-order valence-corrected chi connectivity index (χ4v) is 2.90. The van der Waals surface area contributed by atoms with Crippen LogP contribution in [0.4, 0.5) is 0 Å². The summed E-state index contributed by atoms with van der Waals surface area (Å²) in [6.07, 6.45) is 2.84. The van der Waals surface area contributed by atoms with Crippen LogP contribution in [0, 0.1) is 0 Å². The number of guanidine groups is 1. The highest BCUT2D eigenvalue weighted by Gasteiger charge is 2.01. The van der Waals surface area contributed by atoms with Crippen LogP contribution in [0.2, 0.25) is 5.15 Å². The molecule has 0 unspecified atom stereocenters. The van der Waals surface area contributed by atoms with Crippen LogP contribution in [0.25, 0.3) is 0 Å². The molecule has 0 saturated carbocycles. The third-order valence-electron chi connectivity index (χ3n) is 3.05. The van der Waals surface area contributed by atoms with E-state index in [1.54, 1.807) is 12.3 Å². The van der Waals surface area contributed by atoms with Gasteiger partial charge in [0.05, 0.1) is 13.1 Å². The van der Waals surface area contributed by atoms with Crippen LogP contribution >= 0.6 is 22.9 Å². The van der Waals surface area contributed by atoms with Crippen molar-refractivity contribution in [1.29, 1.82) is 0 Å². The molecule has 2 N–H and O–H groups in total. The molecule has 0 radical (unpaired) electrons. The van der Waals surface area contributed by atoms with Crippen molar-refractivity contribution in [3.63, 3.8) is 0 Å². The summed E-state index contributed by atoms with van der Waals surface area (Å²) in [5.41, 5.74) is 1.03. The predicted octanol–water partition coefficient (Wildman–Crippen LogP) is 3.61. The Bertz CT molecular complexity index is 607. The molecule has 0 aromatic carbocycles. The first-order valence-electron chi connectivity index (χ1n) is 7.41.